The molecule has 1 unspecified atom stereocenters. The highest BCUT2D eigenvalue weighted by Crippen LogP contribution is 2.27. The summed E-state index contributed by atoms with van der Waals surface area (Å²) in [6, 6.07) is 3.50. The van der Waals surface area contributed by atoms with Crippen molar-refractivity contribution in [3.63, 3.8) is 0 Å². The summed E-state index contributed by atoms with van der Waals surface area (Å²) in [5.74, 6) is 0.303. The number of carbonyl (C=O) groups is 1. The van der Waals surface area contributed by atoms with Gasteiger partial charge in [0.25, 0.3) is 5.91 Å². The molecular formula is C13H17BrN2OS2. The average Bonchev–Trinajstić information content (AvgIpc) is 2.83. The van der Waals surface area contributed by atoms with E-state index < -0.39 is 0 Å². The van der Waals surface area contributed by atoms with Crippen LogP contribution in [0.15, 0.2) is 15.9 Å². The minimum atomic E-state index is -0.177. The molecule has 2 rings (SSSR count). The van der Waals surface area contributed by atoms with Gasteiger partial charge in [-0.05, 0) is 46.8 Å². The second-order valence-corrected chi connectivity index (χ2v) is 7.79. The Morgan fingerprint density at radius 1 is 1.42 bits per heavy atom. The summed E-state index contributed by atoms with van der Waals surface area (Å²) >= 11 is 9.91. The Balaban J connectivity index is 2.04. The molecule has 1 atom stereocenters. The Labute approximate surface area is 131 Å². The number of halogens is 1. The summed E-state index contributed by atoms with van der Waals surface area (Å²) in [7, 11) is 0. The smallest absolute Gasteiger partial charge is 0.261 e. The van der Waals surface area contributed by atoms with Crippen LogP contribution in [0.3, 0.4) is 0 Å². The van der Waals surface area contributed by atoms with Gasteiger partial charge in [0, 0.05) is 0 Å². The molecule has 1 aromatic rings. The Morgan fingerprint density at radius 3 is 2.63 bits per heavy atom. The Bertz CT molecular complexity index is 469. The van der Waals surface area contributed by atoms with Crippen molar-refractivity contribution in [1.82, 2.24) is 5.32 Å². The molecule has 1 amide bonds. The van der Waals surface area contributed by atoms with Crippen molar-refractivity contribution >= 4 is 50.4 Å². The molecule has 104 valence electrons. The lowest BCUT2D eigenvalue weighted by Crippen LogP contribution is -2.48. The van der Waals surface area contributed by atoms with Crippen molar-refractivity contribution in [2.24, 2.45) is 11.7 Å². The van der Waals surface area contributed by atoms with Crippen molar-refractivity contribution in [2.45, 2.75) is 38.1 Å². The number of nitrogens with two attached hydrogens (primary N) is 1. The number of rotatable bonds is 4. The predicted molar refractivity (Wildman–Crippen MR) is 86.6 cm³/mol. The Hall–Kier alpha value is -0.460. The number of carbonyl (C=O) groups excluding carboxylic acids is 1. The van der Waals surface area contributed by atoms with Crippen LogP contribution in [0, 0.1) is 5.92 Å². The molecule has 0 bridgehead atoms. The van der Waals surface area contributed by atoms with Gasteiger partial charge >= 0.3 is 0 Å². The van der Waals surface area contributed by atoms with Crippen LogP contribution in [0.2, 0.25) is 0 Å². The van der Waals surface area contributed by atoms with E-state index in [9.17, 15) is 4.79 Å². The molecule has 3 nitrogen and oxygen atoms in total. The fourth-order valence-corrected chi connectivity index (χ4v) is 4.08. The van der Waals surface area contributed by atoms with Gasteiger partial charge in [-0.1, -0.05) is 31.5 Å². The molecule has 3 N–H and O–H groups in total. The molecule has 1 aliphatic carbocycles. The fraction of sp³-hybridized carbons (Fsp3) is 0.538. The van der Waals surface area contributed by atoms with Crippen LogP contribution in [0.25, 0.3) is 0 Å². The molecule has 1 heterocycles. The van der Waals surface area contributed by atoms with Crippen LogP contribution in [0.1, 0.15) is 41.8 Å². The minimum Gasteiger partial charge on any atom is -0.392 e. The van der Waals surface area contributed by atoms with E-state index in [0.29, 0.717) is 15.8 Å². The zero-order chi connectivity index (χ0) is 13.8. The highest BCUT2D eigenvalue weighted by atomic mass is 79.9. The molecule has 1 saturated carbocycles. The first kappa shape index (κ1) is 14.9. The first-order valence-corrected chi connectivity index (χ1v) is 8.45. The van der Waals surface area contributed by atoms with Crippen molar-refractivity contribution in [3.05, 3.63) is 20.8 Å². The van der Waals surface area contributed by atoms with Gasteiger partial charge in [-0.2, -0.15) is 0 Å². The quantitative estimate of drug-likeness (QED) is 0.808. The number of thiophene rings is 1. The molecule has 0 aliphatic heterocycles. The molecule has 1 aromatic heterocycles. The van der Waals surface area contributed by atoms with Crippen LogP contribution in [0.4, 0.5) is 0 Å². The van der Waals surface area contributed by atoms with E-state index in [1.807, 2.05) is 12.1 Å². The first-order chi connectivity index (χ1) is 9.08. The number of hydrogen-bond donors (Lipinski definition) is 2. The third kappa shape index (κ3) is 4.00. The monoisotopic (exact) mass is 360 g/mol. The highest BCUT2D eigenvalue weighted by Gasteiger charge is 2.27. The van der Waals surface area contributed by atoms with Crippen LogP contribution >= 0.6 is 39.5 Å². The van der Waals surface area contributed by atoms with Gasteiger partial charge in [-0.25, -0.2) is 0 Å². The van der Waals surface area contributed by atoms with Crippen LogP contribution in [-0.2, 0) is 0 Å². The van der Waals surface area contributed by atoms with Gasteiger partial charge in [0.15, 0.2) is 0 Å². The van der Waals surface area contributed by atoms with Gasteiger partial charge in [-0.3, -0.25) is 4.79 Å². The van der Waals surface area contributed by atoms with E-state index in [-0.39, 0.29) is 11.9 Å². The topological polar surface area (TPSA) is 55.1 Å². The van der Waals surface area contributed by atoms with Crippen molar-refractivity contribution in [2.75, 3.05) is 0 Å². The zero-order valence-electron chi connectivity index (χ0n) is 10.5. The van der Waals surface area contributed by atoms with Gasteiger partial charge in [0.1, 0.15) is 0 Å². The Morgan fingerprint density at radius 2 is 2.11 bits per heavy atom. The van der Waals surface area contributed by atoms with E-state index in [2.05, 4.69) is 21.2 Å². The lowest BCUT2D eigenvalue weighted by Gasteiger charge is -2.30. The Kier molecular flexibility index (Phi) is 5.36. The van der Waals surface area contributed by atoms with Gasteiger partial charge < -0.3 is 11.1 Å². The molecule has 0 aromatic carbocycles. The predicted octanol–water partition coefficient (Wildman–Crippen LogP) is 3.48. The molecule has 6 heteroatoms. The fourth-order valence-electron chi connectivity index (χ4n) is 2.54. The summed E-state index contributed by atoms with van der Waals surface area (Å²) in [5, 5.41) is 3.00. The summed E-state index contributed by atoms with van der Waals surface area (Å²) < 4.78 is 0.946. The molecule has 0 spiro atoms. The standard InChI is InChI=1S/C13H17BrN2OS2/c14-10-7-6-9(19-10)13(17)16-11(12(15)18)8-4-2-1-3-5-8/h6-8,11H,1-5H2,(H2,15,18)(H,16,17). The second-order valence-electron chi connectivity index (χ2n) is 4.86. The number of amides is 1. The normalized spacial score (nSPS) is 17.9. The van der Waals surface area contributed by atoms with E-state index in [0.717, 1.165) is 16.6 Å². The maximum Gasteiger partial charge on any atom is 0.261 e. The van der Waals surface area contributed by atoms with E-state index in [1.54, 1.807) is 0 Å². The largest absolute Gasteiger partial charge is 0.392 e. The van der Waals surface area contributed by atoms with Gasteiger partial charge in [-0.15, -0.1) is 11.3 Å². The maximum atomic E-state index is 12.2. The molecule has 1 fully saturated rings. The SMILES string of the molecule is NC(=S)C(NC(=O)c1ccc(Br)s1)C1CCCCC1. The summed E-state index contributed by atoms with van der Waals surface area (Å²) in [6.07, 6.45) is 5.85. The van der Waals surface area contributed by atoms with Crippen molar-refractivity contribution in [1.29, 1.82) is 0 Å². The summed E-state index contributed by atoms with van der Waals surface area (Å²) in [6.45, 7) is 0. The van der Waals surface area contributed by atoms with E-state index in [1.165, 1.54) is 30.6 Å². The van der Waals surface area contributed by atoms with E-state index >= 15 is 0 Å². The molecule has 1 aliphatic rings. The van der Waals surface area contributed by atoms with Crippen molar-refractivity contribution in [3.8, 4) is 0 Å². The number of thiocarbonyl (C=S) groups is 1. The number of nitrogens with one attached hydrogen (secondary N) is 1. The average molecular weight is 361 g/mol. The molecule has 0 saturated heterocycles. The molecule has 19 heavy (non-hydrogen) atoms. The van der Waals surface area contributed by atoms with Crippen LogP contribution in [-0.4, -0.2) is 16.9 Å². The minimum absolute atomic E-state index is 0.0842. The molecular weight excluding hydrogens is 344 g/mol. The third-order valence-electron chi connectivity index (χ3n) is 3.51. The molecule has 0 radical (unpaired) electrons. The lowest BCUT2D eigenvalue weighted by atomic mass is 9.84. The van der Waals surface area contributed by atoms with Crippen molar-refractivity contribution < 1.29 is 4.79 Å². The maximum absolute atomic E-state index is 12.2. The lowest BCUT2D eigenvalue weighted by molar-refractivity contribution is 0.0936. The highest BCUT2D eigenvalue weighted by molar-refractivity contribution is 9.11. The van der Waals surface area contributed by atoms with Crippen LogP contribution < -0.4 is 11.1 Å². The number of hydrogen-bond acceptors (Lipinski definition) is 3. The summed E-state index contributed by atoms with van der Waals surface area (Å²) in [5.41, 5.74) is 5.81. The first-order valence-electron chi connectivity index (χ1n) is 6.43. The zero-order valence-corrected chi connectivity index (χ0v) is 13.7. The van der Waals surface area contributed by atoms with E-state index in [4.69, 9.17) is 18.0 Å². The van der Waals surface area contributed by atoms with Gasteiger partial charge in [0.2, 0.25) is 0 Å². The van der Waals surface area contributed by atoms with Gasteiger partial charge in [0.05, 0.1) is 19.7 Å². The van der Waals surface area contributed by atoms with Crippen LogP contribution in [0.5, 0.6) is 0 Å². The summed E-state index contributed by atoms with van der Waals surface area (Å²) in [4.78, 5) is 13.3. The second kappa shape index (κ2) is 6.81. The third-order valence-corrected chi connectivity index (χ3v) is 5.39.